The van der Waals surface area contributed by atoms with Crippen LogP contribution in [-0.4, -0.2) is 60.7 Å². The van der Waals surface area contributed by atoms with Crippen molar-refractivity contribution >= 4 is 29.1 Å². The SMILES string of the molecule is CC(=O)Nc1cc(NC(C)=O)cc(C(=O)NCc2cccc(CN3CCN(C)CC3)c2)c1. The van der Waals surface area contributed by atoms with Crippen LogP contribution >= 0.6 is 0 Å². The van der Waals surface area contributed by atoms with E-state index in [-0.39, 0.29) is 17.7 Å². The Morgan fingerprint density at radius 3 is 2.03 bits per heavy atom. The molecule has 0 aromatic heterocycles. The molecule has 0 unspecified atom stereocenters. The molecule has 0 saturated carbocycles. The molecule has 3 amide bonds. The number of carbonyl (C=O) groups excluding carboxylic acids is 3. The van der Waals surface area contributed by atoms with Crippen LogP contribution in [0.1, 0.15) is 35.3 Å². The smallest absolute Gasteiger partial charge is 0.251 e. The van der Waals surface area contributed by atoms with Gasteiger partial charge in [0.15, 0.2) is 0 Å². The summed E-state index contributed by atoms with van der Waals surface area (Å²) in [7, 11) is 2.14. The summed E-state index contributed by atoms with van der Waals surface area (Å²) in [5.41, 5.74) is 3.49. The number of likely N-dealkylation sites (N-methyl/N-ethyl adjacent to an activating group) is 1. The van der Waals surface area contributed by atoms with Gasteiger partial charge in [-0.15, -0.1) is 0 Å². The summed E-state index contributed by atoms with van der Waals surface area (Å²) in [5, 5.41) is 8.25. The van der Waals surface area contributed by atoms with Gasteiger partial charge >= 0.3 is 0 Å². The molecule has 0 bridgehead atoms. The summed E-state index contributed by atoms with van der Waals surface area (Å²) in [6, 6.07) is 13.0. The molecule has 170 valence electrons. The zero-order valence-electron chi connectivity index (χ0n) is 18.9. The number of hydrogen-bond donors (Lipinski definition) is 3. The van der Waals surface area contributed by atoms with Crippen molar-refractivity contribution in [3.05, 3.63) is 59.2 Å². The van der Waals surface area contributed by atoms with E-state index in [4.69, 9.17) is 0 Å². The Labute approximate surface area is 189 Å². The van der Waals surface area contributed by atoms with Crippen LogP contribution < -0.4 is 16.0 Å². The summed E-state index contributed by atoms with van der Waals surface area (Å²) in [4.78, 5) is 40.4. The van der Waals surface area contributed by atoms with Crippen molar-refractivity contribution in [2.45, 2.75) is 26.9 Å². The zero-order chi connectivity index (χ0) is 23.1. The van der Waals surface area contributed by atoms with Crippen molar-refractivity contribution in [1.82, 2.24) is 15.1 Å². The first-order chi connectivity index (χ1) is 15.3. The first kappa shape index (κ1) is 23.4. The third-order valence-corrected chi connectivity index (χ3v) is 5.28. The molecular weight excluding hydrogens is 406 g/mol. The molecule has 8 heteroatoms. The number of rotatable bonds is 7. The third-order valence-electron chi connectivity index (χ3n) is 5.28. The molecule has 2 aromatic carbocycles. The van der Waals surface area contributed by atoms with Gasteiger partial charge in [-0.05, 0) is 36.4 Å². The lowest BCUT2D eigenvalue weighted by Gasteiger charge is -2.32. The van der Waals surface area contributed by atoms with E-state index < -0.39 is 0 Å². The number of carbonyl (C=O) groups is 3. The van der Waals surface area contributed by atoms with E-state index in [9.17, 15) is 14.4 Å². The number of hydrogen-bond acceptors (Lipinski definition) is 5. The zero-order valence-corrected chi connectivity index (χ0v) is 18.9. The molecule has 1 heterocycles. The summed E-state index contributed by atoms with van der Waals surface area (Å²) in [6.07, 6.45) is 0. The molecule has 0 atom stereocenters. The van der Waals surface area contributed by atoms with Gasteiger partial charge in [0.2, 0.25) is 11.8 Å². The van der Waals surface area contributed by atoms with Crippen molar-refractivity contribution in [2.24, 2.45) is 0 Å². The molecule has 3 N–H and O–H groups in total. The monoisotopic (exact) mass is 437 g/mol. The standard InChI is InChI=1S/C24H31N5O3/c1-17(30)26-22-12-21(13-23(14-22)27-18(2)31)24(32)25-15-19-5-4-6-20(11-19)16-29-9-7-28(3)8-10-29/h4-6,11-14H,7-10,15-16H2,1-3H3,(H,25,32)(H,26,30)(H,27,31). The van der Waals surface area contributed by atoms with Gasteiger partial charge in [0.1, 0.15) is 0 Å². The minimum Gasteiger partial charge on any atom is -0.348 e. The van der Waals surface area contributed by atoms with E-state index in [1.807, 2.05) is 12.1 Å². The highest BCUT2D eigenvalue weighted by Gasteiger charge is 2.14. The molecular formula is C24H31N5O3. The predicted molar refractivity (Wildman–Crippen MR) is 125 cm³/mol. The van der Waals surface area contributed by atoms with E-state index in [1.165, 1.54) is 19.4 Å². The minimum absolute atomic E-state index is 0.256. The first-order valence-corrected chi connectivity index (χ1v) is 10.8. The van der Waals surface area contributed by atoms with Crippen molar-refractivity contribution in [1.29, 1.82) is 0 Å². The van der Waals surface area contributed by atoms with Crippen molar-refractivity contribution in [3.8, 4) is 0 Å². The predicted octanol–water partition coefficient (Wildman–Crippen LogP) is 2.28. The highest BCUT2D eigenvalue weighted by molar-refractivity contribution is 5.99. The van der Waals surface area contributed by atoms with Gasteiger partial charge in [-0.3, -0.25) is 19.3 Å². The van der Waals surface area contributed by atoms with E-state index >= 15 is 0 Å². The lowest BCUT2D eigenvalue weighted by molar-refractivity contribution is -0.115. The second kappa shape index (κ2) is 10.9. The molecule has 3 rings (SSSR count). The maximum Gasteiger partial charge on any atom is 0.251 e. The Morgan fingerprint density at radius 1 is 0.844 bits per heavy atom. The van der Waals surface area contributed by atoms with Gasteiger partial charge in [0.05, 0.1) is 0 Å². The third kappa shape index (κ3) is 7.18. The number of piperazine rings is 1. The van der Waals surface area contributed by atoms with Crippen LogP contribution in [-0.2, 0) is 22.7 Å². The Bertz CT molecular complexity index is 949. The van der Waals surface area contributed by atoms with Crippen molar-refractivity contribution in [2.75, 3.05) is 43.9 Å². The van der Waals surface area contributed by atoms with Crippen molar-refractivity contribution in [3.63, 3.8) is 0 Å². The lowest BCUT2D eigenvalue weighted by Crippen LogP contribution is -2.43. The molecule has 2 aromatic rings. The molecule has 0 spiro atoms. The summed E-state index contributed by atoms with van der Waals surface area (Å²) in [6.45, 7) is 8.32. The normalized spacial score (nSPS) is 14.6. The van der Waals surface area contributed by atoms with Gasteiger partial charge in [-0.1, -0.05) is 24.3 Å². The second-order valence-electron chi connectivity index (χ2n) is 8.24. The van der Waals surface area contributed by atoms with Crippen LogP contribution in [0.2, 0.25) is 0 Å². The maximum absolute atomic E-state index is 12.8. The molecule has 0 aliphatic carbocycles. The molecule has 32 heavy (non-hydrogen) atoms. The number of anilines is 2. The van der Waals surface area contributed by atoms with E-state index in [1.54, 1.807) is 18.2 Å². The molecule has 8 nitrogen and oxygen atoms in total. The topological polar surface area (TPSA) is 93.8 Å². The van der Waals surface area contributed by atoms with E-state index in [0.29, 0.717) is 23.5 Å². The molecule has 1 aliphatic rings. The Hall–Kier alpha value is -3.23. The molecule has 1 aliphatic heterocycles. The van der Waals surface area contributed by atoms with Gasteiger partial charge in [0.25, 0.3) is 5.91 Å². The number of nitrogens with one attached hydrogen (secondary N) is 3. The van der Waals surface area contributed by atoms with Crippen LogP contribution in [0.3, 0.4) is 0 Å². The van der Waals surface area contributed by atoms with Crippen molar-refractivity contribution < 1.29 is 14.4 Å². The lowest BCUT2D eigenvalue weighted by atomic mass is 10.1. The van der Waals surface area contributed by atoms with Gasteiger partial charge < -0.3 is 20.9 Å². The van der Waals surface area contributed by atoms with Crippen LogP contribution in [0.15, 0.2) is 42.5 Å². The summed E-state index contributed by atoms with van der Waals surface area (Å²) >= 11 is 0. The molecule has 1 saturated heterocycles. The highest BCUT2D eigenvalue weighted by Crippen LogP contribution is 2.20. The molecule has 0 radical (unpaired) electrons. The fourth-order valence-electron chi connectivity index (χ4n) is 3.70. The van der Waals surface area contributed by atoms with E-state index in [2.05, 4.69) is 44.9 Å². The fraction of sp³-hybridized carbons (Fsp3) is 0.375. The minimum atomic E-state index is -0.284. The maximum atomic E-state index is 12.8. The van der Waals surface area contributed by atoms with Crippen LogP contribution in [0.25, 0.3) is 0 Å². The van der Waals surface area contributed by atoms with Crippen LogP contribution in [0.5, 0.6) is 0 Å². The number of benzene rings is 2. The average Bonchev–Trinajstić information content (AvgIpc) is 2.73. The second-order valence-corrected chi connectivity index (χ2v) is 8.24. The van der Waals surface area contributed by atoms with Crippen LogP contribution in [0, 0.1) is 0 Å². The van der Waals surface area contributed by atoms with Gasteiger partial charge in [-0.2, -0.15) is 0 Å². The number of nitrogens with zero attached hydrogens (tertiary/aromatic N) is 2. The summed E-state index contributed by atoms with van der Waals surface area (Å²) in [5.74, 6) is -0.796. The molecule has 1 fully saturated rings. The largest absolute Gasteiger partial charge is 0.348 e. The quantitative estimate of drug-likeness (QED) is 0.618. The Kier molecular flexibility index (Phi) is 7.97. The Balaban J connectivity index is 1.64. The van der Waals surface area contributed by atoms with Crippen LogP contribution in [0.4, 0.5) is 11.4 Å². The highest BCUT2D eigenvalue weighted by atomic mass is 16.2. The van der Waals surface area contributed by atoms with Gasteiger partial charge in [0, 0.05) is 70.1 Å². The first-order valence-electron chi connectivity index (χ1n) is 10.8. The Morgan fingerprint density at radius 2 is 1.44 bits per heavy atom. The number of amides is 3. The fourth-order valence-corrected chi connectivity index (χ4v) is 3.70. The van der Waals surface area contributed by atoms with Gasteiger partial charge in [-0.25, -0.2) is 0 Å². The average molecular weight is 438 g/mol. The summed E-state index contributed by atoms with van der Waals surface area (Å²) < 4.78 is 0. The van der Waals surface area contributed by atoms with E-state index in [0.717, 1.165) is 38.3 Å².